The van der Waals surface area contributed by atoms with E-state index in [9.17, 15) is 29.7 Å². The summed E-state index contributed by atoms with van der Waals surface area (Å²) in [5, 5.41) is 36.5. The van der Waals surface area contributed by atoms with Crippen molar-refractivity contribution in [2.24, 2.45) is 28.1 Å². The molecule has 288 valence electrons. The summed E-state index contributed by atoms with van der Waals surface area (Å²) in [5.74, 6) is -3.34. The van der Waals surface area contributed by atoms with Crippen LogP contribution >= 0.6 is 0 Å². The highest BCUT2D eigenvalue weighted by atomic mass is 16.6. The number of nitrogens with zero attached hydrogens (tertiary/aromatic N) is 1. The lowest BCUT2D eigenvalue weighted by molar-refractivity contribution is -0.302. The first-order chi connectivity index (χ1) is 24.5. The van der Waals surface area contributed by atoms with Crippen LogP contribution in [0.15, 0.2) is 41.5 Å². The van der Waals surface area contributed by atoms with E-state index in [1.807, 2.05) is 65.0 Å². The third-order valence-corrected chi connectivity index (χ3v) is 14.4. The molecule has 2 bridgehead atoms. The van der Waals surface area contributed by atoms with Crippen molar-refractivity contribution in [3.05, 3.63) is 47.0 Å². The summed E-state index contributed by atoms with van der Waals surface area (Å²) in [7, 11) is 0. The van der Waals surface area contributed by atoms with Gasteiger partial charge < -0.3 is 34.4 Å². The Labute approximate surface area is 309 Å². The average Bonchev–Trinajstić information content (AvgIpc) is 3.12. The molecule has 0 amide bonds. The highest BCUT2D eigenvalue weighted by Crippen LogP contribution is 2.66. The van der Waals surface area contributed by atoms with E-state index < -0.39 is 81.7 Å². The molecule has 1 aromatic rings. The molecule has 2 saturated heterocycles. The summed E-state index contributed by atoms with van der Waals surface area (Å²) < 4.78 is 18.1. The molecule has 0 aromatic heterocycles. The highest BCUT2D eigenvalue weighted by Gasteiger charge is 2.73. The summed E-state index contributed by atoms with van der Waals surface area (Å²) in [6.45, 7) is 16.4. The van der Waals surface area contributed by atoms with Crippen LogP contribution in [0.5, 0.6) is 0 Å². The Balaban J connectivity index is 1.28. The molecule has 11 atom stereocenters. The zero-order chi connectivity index (χ0) is 37.8. The average molecular weight is 724 g/mol. The zero-order valence-electron chi connectivity index (χ0n) is 32.2. The summed E-state index contributed by atoms with van der Waals surface area (Å²) in [6.07, 6.45) is 0.412. The lowest BCUT2D eigenvalue weighted by Gasteiger charge is -2.68. The standard InChI is InChI=1S/C42H61NO9/c1-25(28-16-10-8-11-17-28)35(52-32(45)18-12-15-21-43-19-13-9-14-20-43)38(48)51-29-23-42(49)27(3)36-40(6)24-50-31(40)22-30(44)41(36,7)37(47)34(46)33(26(29)2)39(42,4)5/h8,10-11,16-17,25,27,29-31,34-36,44,46,49H,9,12-15,18-24H2,1-7H3/t25-,27-,29-,30-,31+,34+,35?,36?,40+,41+,42+/m0/s1. The number of piperidine rings is 1. The van der Waals surface area contributed by atoms with Gasteiger partial charge in [-0.3, -0.25) is 9.59 Å². The number of carbonyl (C=O) groups is 3. The SMILES string of the molecule is CC1=C2[C@@H](O)C(=O)[C@@]3(C)C([C@H](C)[C@](O)(C[C@@H]1OC(=O)C(OC(=O)CCCCN1CCCCC1)[C@@H](C)c1ccccc1)C2(C)C)[C@]1(C)CO[C@@H]1C[C@@H]3O. The van der Waals surface area contributed by atoms with E-state index in [-0.39, 0.29) is 25.4 Å². The number of likely N-dealkylation sites (tertiary alicyclic amines) is 1. The van der Waals surface area contributed by atoms with Crippen LogP contribution in [-0.4, -0.2) is 100 Å². The van der Waals surface area contributed by atoms with Gasteiger partial charge in [0.2, 0.25) is 6.10 Å². The molecule has 3 N–H and O–H groups in total. The van der Waals surface area contributed by atoms with Gasteiger partial charge in [0, 0.05) is 36.0 Å². The molecule has 10 nitrogen and oxygen atoms in total. The van der Waals surface area contributed by atoms with E-state index in [0.29, 0.717) is 24.2 Å². The molecule has 0 spiro atoms. The second kappa shape index (κ2) is 14.5. The molecule has 10 heteroatoms. The van der Waals surface area contributed by atoms with Crippen molar-refractivity contribution < 1.29 is 43.9 Å². The normalized spacial score (nSPS) is 38.5. The van der Waals surface area contributed by atoms with Gasteiger partial charge in [-0.2, -0.15) is 0 Å². The number of fused-ring (bicyclic) bond motifs is 5. The number of aliphatic hydroxyl groups excluding tert-OH is 2. The molecule has 2 unspecified atom stereocenters. The maximum atomic E-state index is 14.5. The van der Waals surface area contributed by atoms with Crippen molar-refractivity contribution in [1.29, 1.82) is 0 Å². The van der Waals surface area contributed by atoms with Crippen LogP contribution in [0.2, 0.25) is 0 Å². The third kappa shape index (κ3) is 6.38. The van der Waals surface area contributed by atoms with Crippen molar-refractivity contribution in [3.8, 4) is 0 Å². The first-order valence-corrected chi connectivity index (χ1v) is 19.6. The van der Waals surface area contributed by atoms with Gasteiger partial charge in [0.1, 0.15) is 12.2 Å². The number of hydrogen-bond donors (Lipinski definition) is 3. The van der Waals surface area contributed by atoms with Crippen LogP contribution in [0.25, 0.3) is 0 Å². The predicted molar refractivity (Wildman–Crippen MR) is 195 cm³/mol. The monoisotopic (exact) mass is 723 g/mol. The topological polar surface area (TPSA) is 143 Å². The molecule has 5 aliphatic rings. The fourth-order valence-electron chi connectivity index (χ4n) is 11.1. The Morgan fingerprint density at radius 2 is 1.71 bits per heavy atom. The molecule has 2 heterocycles. The number of benzene rings is 1. The summed E-state index contributed by atoms with van der Waals surface area (Å²) >= 11 is 0. The van der Waals surface area contributed by atoms with Gasteiger partial charge in [-0.1, -0.05) is 71.4 Å². The number of rotatable bonds is 10. The molecule has 1 aromatic carbocycles. The quantitative estimate of drug-likeness (QED) is 0.169. The van der Waals surface area contributed by atoms with Gasteiger partial charge >= 0.3 is 11.9 Å². The van der Waals surface area contributed by atoms with Crippen molar-refractivity contribution in [2.45, 2.75) is 142 Å². The second-order valence-electron chi connectivity index (χ2n) is 17.6. The van der Waals surface area contributed by atoms with Gasteiger partial charge in [-0.05, 0) is 87.7 Å². The summed E-state index contributed by atoms with van der Waals surface area (Å²) in [4.78, 5) is 44.6. The van der Waals surface area contributed by atoms with E-state index in [1.165, 1.54) is 19.3 Å². The molecule has 0 radical (unpaired) electrons. The first kappa shape index (κ1) is 39.1. The van der Waals surface area contributed by atoms with Crippen molar-refractivity contribution in [1.82, 2.24) is 4.90 Å². The number of esters is 2. The lowest BCUT2D eigenvalue weighted by Crippen LogP contribution is -2.75. The lowest BCUT2D eigenvalue weighted by atomic mass is 9.40. The number of hydrogen-bond acceptors (Lipinski definition) is 10. The van der Waals surface area contributed by atoms with E-state index in [4.69, 9.17) is 14.2 Å². The van der Waals surface area contributed by atoms with Crippen molar-refractivity contribution in [2.75, 3.05) is 26.2 Å². The van der Waals surface area contributed by atoms with Gasteiger partial charge in [-0.15, -0.1) is 0 Å². The minimum Gasteiger partial charge on any atom is -0.455 e. The van der Waals surface area contributed by atoms with E-state index in [1.54, 1.807) is 13.8 Å². The molecular formula is C42H61NO9. The maximum Gasteiger partial charge on any atom is 0.348 e. The molecule has 2 saturated carbocycles. The Morgan fingerprint density at radius 3 is 2.35 bits per heavy atom. The van der Waals surface area contributed by atoms with Gasteiger partial charge in [0.05, 0.1) is 29.8 Å². The smallest absolute Gasteiger partial charge is 0.348 e. The molecule has 4 fully saturated rings. The van der Waals surface area contributed by atoms with Crippen LogP contribution < -0.4 is 0 Å². The Kier molecular flexibility index (Phi) is 10.9. The van der Waals surface area contributed by atoms with Gasteiger partial charge in [-0.25, -0.2) is 4.79 Å². The largest absolute Gasteiger partial charge is 0.455 e. The Bertz CT molecular complexity index is 1540. The highest BCUT2D eigenvalue weighted by molar-refractivity contribution is 5.93. The van der Waals surface area contributed by atoms with Gasteiger partial charge in [0.15, 0.2) is 5.78 Å². The number of ether oxygens (including phenoxy) is 3. The van der Waals surface area contributed by atoms with E-state index in [0.717, 1.165) is 31.6 Å². The fourth-order valence-corrected chi connectivity index (χ4v) is 11.1. The van der Waals surface area contributed by atoms with Crippen LogP contribution in [0, 0.1) is 28.1 Å². The molecule has 6 rings (SSSR count). The minimum atomic E-state index is -1.64. The van der Waals surface area contributed by atoms with Crippen molar-refractivity contribution in [3.63, 3.8) is 0 Å². The van der Waals surface area contributed by atoms with Crippen molar-refractivity contribution >= 4 is 17.7 Å². The molecule has 2 aliphatic heterocycles. The molecule has 52 heavy (non-hydrogen) atoms. The van der Waals surface area contributed by atoms with E-state index >= 15 is 0 Å². The van der Waals surface area contributed by atoms with Crippen LogP contribution in [0.3, 0.4) is 0 Å². The number of carbonyl (C=O) groups excluding carboxylic acids is 3. The molecular weight excluding hydrogens is 662 g/mol. The molecule has 3 aliphatic carbocycles. The summed E-state index contributed by atoms with van der Waals surface area (Å²) in [5.41, 5.74) is -2.93. The van der Waals surface area contributed by atoms with Crippen LogP contribution in [0.1, 0.15) is 111 Å². The Hall–Kier alpha value is -2.63. The number of ketones is 1. The van der Waals surface area contributed by atoms with Crippen LogP contribution in [-0.2, 0) is 28.6 Å². The maximum absolute atomic E-state index is 14.5. The predicted octanol–water partition coefficient (Wildman–Crippen LogP) is 5.12. The van der Waals surface area contributed by atoms with Gasteiger partial charge in [0.25, 0.3) is 0 Å². The fraction of sp³-hybridized carbons (Fsp3) is 0.738. The number of aliphatic hydroxyl groups is 3. The number of unbranched alkanes of at least 4 members (excludes halogenated alkanes) is 1. The number of Topliss-reactive ketones (excluding diaryl/α,β-unsaturated/α-hetero) is 1. The minimum absolute atomic E-state index is 0.00428. The Morgan fingerprint density at radius 1 is 1.04 bits per heavy atom. The summed E-state index contributed by atoms with van der Waals surface area (Å²) in [6, 6.07) is 9.37. The van der Waals surface area contributed by atoms with E-state index in [2.05, 4.69) is 4.90 Å². The second-order valence-corrected chi connectivity index (χ2v) is 17.6. The third-order valence-electron chi connectivity index (χ3n) is 14.4. The first-order valence-electron chi connectivity index (χ1n) is 19.6. The van der Waals surface area contributed by atoms with Crippen LogP contribution in [0.4, 0.5) is 0 Å². The zero-order valence-corrected chi connectivity index (χ0v) is 32.2.